The van der Waals surface area contributed by atoms with Crippen molar-refractivity contribution >= 4 is 24.2 Å². The lowest BCUT2D eigenvalue weighted by atomic mass is 10.1. The van der Waals surface area contributed by atoms with Gasteiger partial charge in [-0.2, -0.15) is 0 Å². The van der Waals surface area contributed by atoms with Crippen LogP contribution < -0.4 is 5.48 Å². The number of nitrogens with one attached hydrogen (secondary N) is 1. The molecule has 2 aromatic rings. The third kappa shape index (κ3) is 7.24. The first-order chi connectivity index (χ1) is 16.1. The van der Waals surface area contributed by atoms with Crippen molar-refractivity contribution in [2.45, 2.75) is 83.6 Å². The Labute approximate surface area is 211 Å². The van der Waals surface area contributed by atoms with Crippen molar-refractivity contribution in [1.82, 2.24) is 9.95 Å². The van der Waals surface area contributed by atoms with Gasteiger partial charge in [-0.15, -0.1) is 0 Å². The zero-order valence-corrected chi connectivity index (χ0v) is 24.1. The van der Waals surface area contributed by atoms with Crippen molar-refractivity contribution in [3.05, 3.63) is 54.6 Å². The fourth-order valence-electron chi connectivity index (χ4n) is 3.07. The average Bonchev–Trinajstić information content (AvgIpc) is 2.76. The van der Waals surface area contributed by atoms with Gasteiger partial charge in [-0.25, -0.2) is 13.9 Å². The van der Waals surface area contributed by atoms with Crippen LogP contribution in [0.15, 0.2) is 59.5 Å². The molecule has 2 rings (SSSR count). The van der Waals surface area contributed by atoms with E-state index >= 15 is 0 Å². The van der Waals surface area contributed by atoms with Crippen LogP contribution in [0.5, 0.6) is 0 Å². The van der Waals surface area contributed by atoms with E-state index in [1.54, 1.807) is 39.8 Å². The van der Waals surface area contributed by atoms with E-state index < -0.39 is 36.4 Å². The number of rotatable bonds is 10. The molecule has 0 aliphatic heterocycles. The molecular formula is C26H40N2O5SSi. The van der Waals surface area contributed by atoms with Gasteiger partial charge in [-0.05, 0) is 61.2 Å². The standard InChI is InChI=1S/C26H40N2O5SSi/c1-19(2)24(25(29)27-33-35(8,9)26(5,6)7)28(32-20(3)4)34(30,31)23-17-15-22(16-18-23)21-13-11-10-12-14-21/h10-20,24H,1-9H3,(H,27,29)/t24-/m1/s1. The highest BCUT2D eigenvalue weighted by atomic mass is 32.2. The molecule has 1 N–H and O–H groups in total. The minimum Gasteiger partial charge on any atom is -0.319 e. The van der Waals surface area contributed by atoms with Crippen LogP contribution in [0.2, 0.25) is 18.1 Å². The quantitative estimate of drug-likeness (QED) is 0.318. The molecule has 0 aromatic heterocycles. The van der Waals surface area contributed by atoms with Crippen molar-refractivity contribution in [3.8, 4) is 11.1 Å². The second kappa shape index (κ2) is 11.3. The molecule has 1 amide bonds. The molecule has 0 bridgehead atoms. The van der Waals surface area contributed by atoms with Crippen LogP contribution in [-0.4, -0.2) is 39.3 Å². The fraction of sp³-hybridized carbons (Fsp3) is 0.500. The molecule has 0 aliphatic rings. The number of amides is 1. The highest BCUT2D eigenvalue weighted by Crippen LogP contribution is 2.36. The van der Waals surface area contributed by atoms with Gasteiger partial charge in [-0.1, -0.05) is 81.6 Å². The number of hydrogen-bond donors (Lipinski definition) is 1. The summed E-state index contributed by atoms with van der Waals surface area (Å²) in [4.78, 5) is 19.1. The molecule has 0 spiro atoms. The van der Waals surface area contributed by atoms with Gasteiger partial charge in [0.1, 0.15) is 6.04 Å². The molecule has 9 heteroatoms. The fourth-order valence-corrected chi connectivity index (χ4v) is 5.34. The van der Waals surface area contributed by atoms with E-state index in [2.05, 4.69) is 26.3 Å². The molecule has 0 saturated carbocycles. The summed E-state index contributed by atoms with van der Waals surface area (Å²) in [5, 5.41) is -0.131. The van der Waals surface area contributed by atoms with Gasteiger partial charge in [0.15, 0.2) is 0 Å². The lowest BCUT2D eigenvalue weighted by molar-refractivity contribution is -0.171. The summed E-state index contributed by atoms with van der Waals surface area (Å²) in [7, 11) is -6.46. The predicted octanol–water partition coefficient (Wildman–Crippen LogP) is 5.76. The molecule has 2 aromatic carbocycles. The van der Waals surface area contributed by atoms with E-state index in [-0.39, 0.29) is 15.9 Å². The van der Waals surface area contributed by atoms with Gasteiger partial charge in [0.05, 0.1) is 11.0 Å². The topological polar surface area (TPSA) is 84.9 Å². The Balaban J connectivity index is 2.40. The van der Waals surface area contributed by atoms with Crippen molar-refractivity contribution in [2.75, 3.05) is 0 Å². The zero-order valence-electron chi connectivity index (χ0n) is 22.3. The predicted molar refractivity (Wildman–Crippen MR) is 142 cm³/mol. The number of carbonyl (C=O) groups is 1. The molecule has 1 atom stereocenters. The number of hydrogen-bond acceptors (Lipinski definition) is 5. The van der Waals surface area contributed by atoms with Crippen LogP contribution in [0.4, 0.5) is 0 Å². The van der Waals surface area contributed by atoms with E-state index in [0.717, 1.165) is 15.6 Å². The Morgan fingerprint density at radius 1 is 0.914 bits per heavy atom. The Morgan fingerprint density at radius 3 is 1.89 bits per heavy atom. The molecule has 0 heterocycles. The Hall–Kier alpha value is -2.04. The first-order valence-corrected chi connectivity index (χ1v) is 16.3. The molecule has 194 valence electrons. The molecule has 0 radical (unpaired) electrons. The maximum atomic E-state index is 13.7. The average molecular weight is 521 g/mol. The minimum absolute atomic E-state index is 0.0431. The summed E-state index contributed by atoms with van der Waals surface area (Å²) >= 11 is 0. The summed E-state index contributed by atoms with van der Waals surface area (Å²) in [5.74, 6) is -0.940. The molecule has 0 fully saturated rings. The molecule has 35 heavy (non-hydrogen) atoms. The van der Waals surface area contributed by atoms with Crippen LogP contribution >= 0.6 is 0 Å². The molecular weight excluding hydrogens is 480 g/mol. The minimum atomic E-state index is -4.16. The van der Waals surface area contributed by atoms with E-state index in [1.807, 2.05) is 43.4 Å². The van der Waals surface area contributed by atoms with Crippen LogP contribution in [0.1, 0.15) is 48.5 Å². The van der Waals surface area contributed by atoms with Crippen LogP contribution in [0.25, 0.3) is 11.1 Å². The second-order valence-corrected chi connectivity index (χ2v) is 17.3. The molecule has 7 nitrogen and oxygen atoms in total. The first-order valence-electron chi connectivity index (χ1n) is 11.9. The summed E-state index contributed by atoms with van der Waals surface area (Å²) in [6.07, 6.45) is -0.469. The van der Waals surface area contributed by atoms with Crippen molar-refractivity contribution in [2.24, 2.45) is 5.92 Å². The van der Waals surface area contributed by atoms with E-state index in [9.17, 15) is 13.2 Å². The highest BCUT2D eigenvalue weighted by Gasteiger charge is 2.43. The molecule has 0 aliphatic carbocycles. The largest absolute Gasteiger partial charge is 0.319 e. The second-order valence-electron chi connectivity index (χ2n) is 10.8. The van der Waals surface area contributed by atoms with E-state index in [1.165, 1.54) is 12.1 Å². The number of carbonyl (C=O) groups excluding carboxylic acids is 1. The lowest BCUT2D eigenvalue weighted by Gasteiger charge is -2.37. The number of hydroxylamine groups is 2. The summed E-state index contributed by atoms with van der Waals surface area (Å²) in [6, 6.07) is 15.1. The van der Waals surface area contributed by atoms with Gasteiger partial charge in [-0.3, -0.25) is 9.63 Å². The summed E-state index contributed by atoms with van der Waals surface area (Å²) in [5.41, 5.74) is 4.43. The maximum Gasteiger partial charge on any atom is 0.265 e. The number of nitrogens with zero attached hydrogens (tertiary/aromatic N) is 1. The number of sulfonamides is 1. The van der Waals surface area contributed by atoms with Crippen molar-refractivity contribution in [1.29, 1.82) is 0 Å². The first kappa shape index (κ1) is 29.2. The van der Waals surface area contributed by atoms with Gasteiger partial charge in [0.25, 0.3) is 15.9 Å². The summed E-state index contributed by atoms with van der Waals surface area (Å²) < 4.78 is 34.2. The molecule has 0 saturated heterocycles. The van der Waals surface area contributed by atoms with Gasteiger partial charge >= 0.3 is 0 Å². The lowest BCUT2D eigenvalue weighted by Crippen LogP contribution is -2.55. The van der Waals surface area contributed by atoms with Gasteiger partial charge in [0.2, 0.25) is 8.32 Å². The Kier molecular flexibility index (Phi) is 9.46. The summed E-state index contributed by atoms with van der Waals surface area (Å²) in [6.45, 7) is 17.2. The Morgan fingerprint density at radius 2 is 1.43 bits per heavy atom. The smallest absolute Gasteiger partial charge is 0.265 e. The van der Waals surface area contributed by atoms with Crippen molar-refractivity contribution in [3.63, 3.8) is 0 Å². The van der Waals surface area contributed by atoms with Crippen LogP contribution in [0, 0.1) is 5.92 Å². The highest BCUT2D eigenvalue weighted by molar-refractivity contribution is 7.89. The number of benzene rings is 2. The van der Waals surface area contributed by atoms with Gasteiger partial charge in [0, 0.05) is 0 Å². The maximum absolute atomic E-state index is 13.7. The van der Waals surface area contributed by atoms with Crippen LogP contribution in [-0.2, 0) is 24.2 Å². The zero-order chi connectivity index (χ0) is 26.6. The molecule has 0 unspecified atom stereocenters. The normalized spacial score (nSPS) is 13.9. The Bertz CT molecular complexity index is 1080. The SMILES string of the molecule is CC(C)ON([C@@H](C(=O)NO[Si](C)(C)C(C)(C)C)C(C)C)S(=O)(=O)c1ccc(-c2ccccc2)cc1. The third-order valence-electron chi connectivity index (χ3n) is 6.15. The van der Waals surface area contributed by atoms with Crippen molar-refractivity contribution < 1.29 is 22.6 Å². The monoisotopic (exact) mass is 520 g/mol. The van der Waals surface area contributed by atoms with E-state index in [0.29, 0.717) is 0 Å². The van der Waals surface area contributed by atoms with Gasteiger partial charge < -0.3 is 4.53 Å². The van der Waals surface area contributed by atoms with E-state index in [4.69, 9.17) is 9.36 Å². The third-order valence-corrected chi connectivity index (χ3v) is 12.0. The van der Waals surface area contributed by atoms with Crippen LogP contribution in [0.3, 0.4) is 0 Å².